The Morgan fingerprint density at radius 2 is 2.13 bits per heavy atom. The molecule has 2 rings (SSSR count). The predicted molar refractivity (Wildman–Crippen MR) is 61.6 cm³/mol. The first-order valence-electron chi connectivity index (χ1n) is 5.76. The van der Waals surface area contributed by atoms with Crippen LogP contribution in [0.15, 0.2) is 30.3 Å². The summed E-state index contributed by atoms with van der Waals surface area (Å²) >= 11 is 0. The van der Waals surface area contributed by atoms with E-state index in [2.05, 4.69) is 12.2 Å². The van der Waals surface area contributed by atoms with Gasteiger partial charge in [-0.1, -0.05) is 37.3 Å². The molecule has 2 heteroatoms. The van der Waals surface area contributed by atoms with E-state index in [4.69, 9.17) is 0 Å². The van der Waals surface area contributed by atoms with Gasteiger partial charge in [-0.15, -0.1) is 0 Å². The minimum absolute atomic E-state index is 0.352. The van der Waals surface area contributed by atoms with Crippen LogP contribution in [0.4, 0.5) is 0 Å². The Bertz CT molecular complexity index is 306. The van der Waals surface area contributed by atoms with Gasteiger partial charge >= 0.3 is 0 Å². The molecule has 1 aromatic rings. The normalized spacial score (nSPS) is 25.1. The lowest BCUT2D eigenvalue weighted by Crippen LogP contribution is -2.35. The summed E-state index contributed by atoms with van der Waals surface area (Å²) in [7, 11) is 0. The van der Waals surface area contributed by atoms with Crippen LogP contribution >= 0.6 is 0 Å². The second-order valence-electron chi connectivity index (χ2n) is 4.33. The van der Waals surface area contributed by atoms with Crippen molar-refractivity contribution in [1.29, 1.82) is 0 Å². The Kier molecular flexibility index (Phi) is 3.08. The number of benzene rings is 1. The smallest absolute Gasteiger partial charge is 0.0934 e. The zero-order valence-electron chi connectivity index (χ0n) is 9.24. The van der Waals surface area contributed by atoms with Crippen LogP contribution in [0.2, 0.25) is 0 Å². The zero-order valence-corrected chi connectivity index (χ0v) is 9.24. The first kappa shape index (κ1) is 10.7. The van der Waals surface area contributed by atoms with Crippen LogP contribution in [0.1, 0.15) is 25.3 Å². The van der Waals surface area contributed by atoms with Gasteiger partial charge in [-0.2, -0.15) is 0 Å². The third-order valence-corrected chi connectivity index (χ3v) is 3.55. The van der Waals surface area contributed by atoms with E-state index in [-0.39, 0.29) is 0 Å². The number of hydrogen-bond donors (Lipinski definition) is 2. The van der Waals surface area contributed by atoms with E-state index in [0.717, 1.165) is 31.5 Å². The molecule has 0 bridgehead atoms. The van der Waals surface area contributed by atoms with E-state index in [9.17, 15) is 5.11 Å². The van der Waals surface area contributed by atoms with Crippen molar-refractivity contribution in [2.24, 2.45) is 5.92 Å². The van der Waals surface area contributed by atoms with Crippen molar-refractivity contribution in [2.45, 2.75) is 25.4 Å². The van der Waals surface area contributed by atoms with Gasteiger partial charge in [0.15, 0.2) is 0 Å². The molecule has 15 heavy (non-hydrogen) atoms. The summed E-state index contributed by atoms with van der Waals surface area (Å²) in [6.45, 7) is 4.02. The number of rotatable bonds is 3. The van der Waals surface area contributed by atoms with Crippen molar-refractivity contribution < 1.29 is 5.11 Å². The summed E-state index contributed by atoms with van der Waals surface area (Å²) in [5, 5.41) is 14.1. The van der Waals surface area contributed by atoms with Crippen LogP contribution in [-0.4, -0.2) is 18.2 Å². The molecule has 1 fully saturated rings. The maximum Gasteiger partial charge on any atom is 0.0934 e. The van der Waals surface area contributed by atoms with E-state index < -0.39 is 5.60 Å². The zero-order chi connectivity index (χ0) is 10.7. The third kappa shape index (κ3) is 1.92. The third-order valence-electron chi connectivity index (χ3n) is 3.55. The highest BCUT2D eigenvalue weighted by Gasteiger charge is 2.37. The van der Waals surface area contributed by atoms with Gasteiger partial charge in [0.2, 0.25) is 0 Å². The monoisotopic (exact) mass is 205 g/mol. The van der Waals surface area contributed by atoms with Crippen molar-refractivity contribution in [3.8, 4) is 0 Å². The summed E-state index contributed by atoms with van der Waals surface area (Å²) in [5.74, 6) is 0.352. The molecule has 1 aliphatic heterocycles. The maximum atomic E-state index is 10.8. The fourth-order valence-corrected chi connectivity index (χ4v) is 2.52. The quantitative estimate of drug-likeness (QED) is 0.790. The fourth-order valence-electron chi connectivity index (χ4n) is 2.52. The Morgan fingerprint density at radius 1 is 1.40 bits per heavy atom. The van der Waals surface area contributed by atoms with Crippen molar-refractivity contribution in [2.75, 3.05) is 13.1 Å². The molecule has 1 aliphatic rings. The van der Waals surface area contributed by atoms with Crippen molar-refractivity contribution >= 4 is 0 Å². The van der Waals surface area contributed by atoms with Gasteiger partial charge in [0.1, 0.15) is 0 Å². The molecule has 0 aliphatic carbocycles. The molecule has 82 valence electrons. The highest BCUT2D eigenvalue weighted by molar-refractivity contribution is 5.23. The molecular formula is C13H19NO. The van der Waals surface area contributed by atoms with Gasteiger partial charge in [-0.3, -0.25) is 0 Å². The number of nitrogens with one attached hydrogen (secondary N) is 1. The molecule has 1 saturated heterocycles. The SMILES string of the molecule is CCC(O)(c1ccccc1)C1CCNC1. The Morgan fingerprint density at radius 3 is 2.67 bits per heavy atom. The Labute approximate surface area is 91.3 Å². The first-order valence-corrected chi connectivity index (χ1v) is 5.76. The van der Waals surface area contributed by atoms with Gasteiger partial charge in [-0.05, 0) is 24.9 Å². The largest absolute Gasteiger partial charge is 0.385 e. The van der Waals surface area contributed by atoms with Crippen LogP contribution in [0, 0.1) is 5.92 Å². The summed E-state index contributed by atoms with van der Waals surface area (Å²) in [6.07, 6.45) is 1.85. The van der Waals surface area contributed by atoms with Crippen molar-refractivity contribution in [1.82, 2.24) is 5.32 Å². The van der Waals surface area contributed by atoms with Crippen LogP contribution in [0.5, 0.6) is 0 Å². The van der Waals surface area contributed by atoms with E-state index in [0.29, 0.717) is 5.92 Å². The van der Waals surface area contributed by atoms with Gasteiger partial charge in [0, 0.05) is 12.5 Å². The summed E-state index contributed by atoms with van der Waals surface area (Å²) in [5.41, 5.74) is 0.409. The second kappa shape index (κ2) is 4.33. The molecule has 0 saturated carbocycles. The molecule has 0 aromatic heterocycles. The molecule has 2 unspecified atom stereocenters. The van der Waals surface area contributed by atoms with Gasteiger partial charge in [-0.25, -0.2) is 0 Å². The topological polar surface area (TPSA) is 32.3 Å². The minimum atomic E-state index is -0.648. The second-order valence-corrected chi connectivity index (χ2v) is 4.33. The summed E-state index contributed by atoms with van der Waals surface area (Å²) < 4.78 is 0. The van der Waals surface area contributed by atoms with Gasteiger partial charge < -0.3 is 10.4 Å². The van der Waals surface area contributed by atoms with Crippen LogP contribution < -0.4 is 5.32 Å². The molecular weight excluding hydrogens is 186 g/mol. The van der Waals surface area contributed by atoms with E-state index in [1.807, 2.05) is 30.3 Å². The van der Waals surface area contributed by atoms with Crippen LogP contribution in [-0.2, 0) is 5.60 Å². The van der Waals surface area contributed by atoms with Crippen LogP contribution in [0.25, 0.3) is 0 Å². The van der Waals surface area contributed by atoms with Gasteiger partial charge in [0.25, 0.3) is 0 Å². The van der Waals surface area contributed by atoms with Crippen molar-refractivity contribution in [3.63, 3.8) is 0 Å². The average molecular weight is 205 g/mol. The average Bonchev–Trinajstić information content (AvgIpc) is 2.83. The molecule has 2 nitrogen and oxygen atoms in total. The molecule has 0 spiro atoms. The fraction of sp³-hybridized carbons (Fsp3) is 0.538. The number of hydrogen-bond acceptors (Lipinski definition) is 2. The molecule has 1 heterocycles. The van der Waals surface area contributed by atoms with Crippen molar-refractivity contribution in [3.05, 3.63) is 35.9 Å². The predicted octanol–water partition coefficient (Wildman–Crippen LogP) is 1.89. The minimum Gasteiger partial charge on any atom is -0.385 e. The molecule has 0 amide bonds. The van der Waals surface area contributed by atoms with Crippen LogP contribution in [0.3, 0.4) is 0 Å². The lowest BCUT2D eigenvalue weighted by molar-refractivity contribution is -0.0204. The highest BCUT2D eigenvalue weighted by atomic mass is 16.3. The van der Waals surface area contributed by atoms with E-state index in [1.165, 1.54) is 0 Å². The first-order chi connectivity index (χ1) is 7.27. The Balaban J connectivity index is 2.28. The summed E-state index contributed by atoms with van der Waals surface area (Å²) in [6, 6.07) is 10.0. The van der Waals surface area contributed by atoms with E-state index >= 15 is 0 Å². The van der Waals surface area contributed by atoms with E-state index in [1.54, 1.807) is 0 Å². The molecule has 2 atom stereocenters. The lowest BCUT2D eigenvalue weighted by atomic mass is 9.79. The molecule has 1 aromatic carbocycles. The number of aliphatic hydroxyl groups is 1. The van der Waals surface area contributed by atoms with Gasteiger partial charge in [0.05, 0.1) is 5.60 Å². The molecule has 0 radical (unpaired) electrons. The lowest BCUT2D eigenvalue weighted by Gasteiger charge is -2.33. The molecule has 2 N–H and O–H groups in total. The highest BCUT2D eigenvalue weighted by Crippen LogP contribution is 2.36. The standard InChI is InChI=1S/C13H19NO/c1-2-13(15,12-8-9-14-10-12)11-6-4-3-5-7-11/h3-7,12,14-15H,2,8-10H2,1H3. The Hall–Kier alpha value is -0.860. The maximum absolute atomic E-state index is 10.8. The summed E-state index contributed by atoms with van der Waals surface area (Å²) in [4.78, 5) is 0.